The number of unbranched alkanes of at least 4 members (excludes halogenated alkanes) is 1. The van der Waals surface area contributed by atoms with Crippen molar-refractivity contribution in [2.24, 2.45) is 5.73 Å². The zero-order valence-corrected chi connectivity index (χ0v) is 21.6. The van der Waals surface area contributed by atoms with Crippen LogP contribution in [0.4, 0.5) is 0 Å². The van der Waals surface area contributed by atoms with Gasteiger partial charge >= 0.3 is 0 Å². The Morgan fingerprint density at radius 1 is 1.10 bits per heavy atom. The van der Waals surface area contributed by atoms with Crippen molar-refractivity contribution in [3.63, 3.8) is 0 Å². The molecule has 9 nitrogen and oxygen atoms in total. The van der Waals surface area contributed by atoms with Gasteiger partial charge in [0.1, 0.15) is 6.23 Å². The SMILES string of the molecule is C[C@]12OC(C[C@]1(O)C(=O)NCCCCN)n1c3ccccc3c3c4c(c5c6ccccc6n2c5c31)CNC4=O. The minimum atomic E-state index is -1.85. The van der Waals surface area contributed by atoms with Crippen LogP contribution in [0.3, 0.4) is 0 Å². The van der Waals surface area contributed by atoms with Crippen LogP contribution in [0.25, 0.3) is 43.6 Å². The summed E-state index contributed by atoms with van der Waals surface area (Å²) >= 11 is 0. The van der Waals surface area contributed by atoms with Crippen molar-refractivity contribution in [1.82, 2.24) is 19.8 Å². The number of para-hydroxylation sites is 2. The summed E-state index contributed by atoms with van der Waals surface area (Å²) in [5, 5.41) is 22.1. The van der Waals surface area contributed by atoms with Gasteiger partial charge in [0.25, 0.3) is 11.8 Å². The zero-order chi connectivity index (χ0) is 26.7. The average molecular weight is 524 g/mol. The van der Waals surface area contributed by atoms with Gasteiger partial charge in [-0.2, -0.15) is 0 Å². The second-order valence-electron chi connectivity index (χ2n) is 11.1. The smallest absolute Gasteiger partial charge is 0.257 e. The van der Waals surface area contributed by atoms with Crippen molar-refractivity contribution < 1.29 is 19.4 Å². The summed E-state index contributed by atoms with van der Waals surface area (Å²) in [4.78, 5) is 27.1. The Bertz CT molecular complexity index is 1900. The highest BCUT2D eigenvalue weighted by Gasteiger charge is 2.64. The molecule has 2 aromatic heterocycles. The molecule has 9 heteroatoms. The molecule has 198 valence electrons. The summed E-state index contributed by atoms with van der Waals surface area (Å²) in [6, 6.07) is 16.0. The highest BCUT2D eigenvalue weighted by atomic mass is 16.6. The predicted octanol–water partition coefficient (Wildman–Crippen LogP) is 3.34. The number of nitrogens with zero attached hydrogens (tertiary/aromatic N) is 2. The maximum Gasteiger partial charge on any atom is 0.257 e. The van der Waals surface area contributed by atoms with Crippen molar-refractivity contribution in [2.75, 3.05) is 13.1 Å². The molecule has 1 fully saturated rings. The monoisotopic (exact) mass is 523 g/mol. The molecule has 0 aliphatic carbocycles. The van der Waals surface area contributed by atoms with Gasteiger partial charge in [0.2, 0.25) is 0 Å². The lowest BCUT2D eigenvalue weighted by Gasteiger charge is -2.38. The first-order valence-corrected chi connectivity index (χ1v) is 13.6. The Balaban J connectivity index is 1.53. The van der Waals surface area contributed by atoms with E-state index < -0.39 is 23.5 Å². The van der Waals surface area contributed by atoms with Gasteiger partial charge in [0.15, 0.2) is 11.3 Å². The fraction of sp³-hybridized carbons (Fsp3) is 0.333. The van der Waals surface area contributed by atoms with Crippen LogP contribution < -0.4 is 16.4 Å². The first kappa shape index (κ1) is 23.0. The van der Waals surface area contributed by atoms with Gasteiger partial charge in [0, 0.05) is 41.1 Å². The first-order valence-electron chi connectivity index (χ1n) is 13.6. The van der Waals surface area contributed by atoms with E-state index in [1.807, 2.05) is 60.0 Å². The number of nitrogens with two attached hydrogens (primary N) is 1. The van der Waals surface area contributed by atoms with E-state index in [0.717, 1.165) is 62.0 Å². The number of amides is 2. The Kier molecular flexibility index (Phi) is 4.48. The Morgan fingerprint density at radius 2 is 1.82 bits per heavy atom. The van der Waals surface area contributed by atoms with Gasteiger partial charge in [-0.1, -0.05) is 36.4 Å². The third-order valence-electron chi connectivity index (χ3n) is 9.13. The van der Waals surface area contributed by atoms with Gasteiger partial charge in [-0.3, -0.25) is 9.59 Å². The van der Waals surface area contributed by atoms with Crippen LogP contribution in [0.5, 0.6) is 0 Å². The molecular weight excluding hydrogens is 494 g/mol. The molecule has 5 aromatic rings. The van der Waals surface area contributed by atoms with E-state index in [4.69, 9.17) is 10.5 Å². The zero-order valence-electron chi connectivity index (χ0n) is 21.6. The van der Waals surface area contributed by atoms with Crippen LogP contribution in [-0.2, 0) is 21.8 Å². The fourth-order valence-corrected chi connectivity index (χ4v) is 7.37. The number of carbonyl (C=O) groups is 2. The molecule has 2 bridgehead atoms. The summed E-state index contributed by atoms with van der Waals surface area (Å²) in [5.74, 6) is -0.536. The minimum Gasteiger partial charge on any atom is -0.376 e. The summed E-state index contributed by atoms with van der Waals surface area (Å²) in [7, 11) is 0. The van der Waals surface area contributed by atoms with Gasteiger partial charge in [-0.25, -0.2) is 0 Å². The van der Waals surface area contributed by atoms with E-state index in [1.165, 1.54) is 0 Å². The largest absolute Gasteiger partial charge is 0.376 e. The van der Waals surface area contributed by atoms with E-state index in [1.54, 1.807) is 0 Å². The van der Waals surface area contributed by atoms with Crippen LogP contribution in [0, 0.1) is 0 Å². The molecule has 5 heterocycles. The quantitative estimate of drug-likeness (QED) is 0.263. The molecule has 1 saturated heterocycles. The maximum atomic E-state index is 13.8. The number of nitrogens with one attached hydrogen (secondary N) is 2. The van der Waals surface area contributed by atoms with E-state index in [0.29, 0.717) is 25.2 Å². The number of benzene rings is 3. The van der Waals surface area contributed by atoms with Gasteiger partial charge < -0.3 is 35.3 Å². The standard InChI is InChI=1S/C30H29N5O4/c1-29-30(38,28(37)32-13-7-6-12-31)14-21(39-29)34-19-10-4-2-8-16(19)23-24-18(15-33-27(24)36)22-17-9-3-5-11-20(17)35(29)26(22)25(23)34/h2-5,8-11,21,38H,6-7,12-15,31H2,1H3,(H,32,37)(H,33,36)/t21?,29-,30-/m0/s1. The molecule has 5 N–H and O–H groups in total. The number of hydrogen-bond donors (Lipinski definition) is 4. The van der Waals surface area contributed by atoms with Gasteiger partial charge in [-0.05, 0) is 44.0 Å². The first-order chi connectivity index (χ1) is 18.9. The third kappa shape index (κ3) is 2.60. The molecule has 2 amide bonds. The lowest BCUT2D eigenvalue weighted by Crippen LogP contribution is -2.59. The number of carbonyl (C=O) groups excluding carboxylic acids is 2. The van der Waals surface area contributed by atoms with Crippen molar-refractivity contribution in [2.45, 2.75) is 50.3 Å². The second-order valence-corrected chi connectivity index (χ2v) is 11.1. The molecule has 1 unspecified atom stereocenters. The summed E-state index contributed by atoms with van der Waals surface area (Å²) in [5.41, 5.74) is 7.54. The Hall–Kier alpha value is -3.92. The number of hydrogen-bond acceptors (Lipinski definition) is 5. The maximum absolute atomic E-state index is 13.8. The number of ether oxygens (including phenoxy) is 1. The topological polar surface area (TPSA) is 124 Å². The number of aromatic nitrogens is 2. The molecule has 3 aromatic carbocycles. The van der Waals surface area contributed by atoms with Crippen molar-refractivity contribution in [3.8, 4) is 0 Å². The van der Waals surface area contributed by atoms with Crippen LogP contribution in [0.15, 0.2) is 48.5 Å². The summed E-state index contributed by atoms with van der Waals surface area (Å²) in [6.45, 7) is 3.21. The van der Waals surface area contributed by atoms with E-state index in [2.05, 4.69) is 15.2 Å². The predicted molar refractivity (Wildman–Crippen MR) is 148 cm³/mol. The number of fused-ring (bicyclic) bond motifs is 13. The van der Waals surface area contributed by atoms with E-state index in [9.17, 15) is 14.7 Å². The highest BCUT2D eigenvalue weighted by Crippen LogP contribution is 2.57. The molecule has 3 aliphatic rings. The Morgan fingerprint density at radius 3 is 2.59 bits per heavy atom. The molecular formula is C30H29N5O4. The van der Waals surface area contributed by atoms with Crippen molar-refractivity contribution in [1.29, 1.82) is 0 Å². The van der Waals surface area contributed by atoms with Crippen LogP contribution in [0.2, 0.25) is 0 Å². The van der Waals surface area contributed by atoms with Crippen molar-refractivity contribution >= 4 is 55.4 Å². The second kappa shape index (κ2) is 7.59. The molecule has 39 heavy (non-hydrogen) atoms. The van der Waals surface area contributed by atoms with Crippen LogP contribution >= 0.6 is 0 Å². The lowest BCUT2D eigenvalue weighted by atomic mass is 9.87. The Labute approximate surface area is 223 Å². The highest BCUT2D eigenvalue weighted by molar-refractivity contribution is 6.31. The van der Waals surface area contributed by atoms with Crippen molar-refractivity contribution in [3.05, 3.63) is 59.7 Å². The number of rotatable bonds is 5. The van der Waals surface area contributed by atoms with E-state index in [-0.39, 0.29) is 12.3 Å². The third-order valence-corrected chi connectivity index (χ3v) is 9.13. The molecule has 3 atom stereocenters. The molecule has 0 spiro atoms. The average Bonchev–Trinajstić information content (AvgIpc) is 3.63. The fourth-order valence-electron chi connectivity index (χ4n) is 7.37. The normalized spacial score (nSPS) is 25.2. The van der Waals surface area contributed by atoms with Crippen LogP contribution in [-0.4, -0.2) is 44.7 Å². The molecule has 3 aliphatic heterocycles. The summed E-state index contributed by atoms with van der Waals surface area (Å²) < 4.78 is 10.9. The number of aliphatic hydroxyl groups is 1. The molecule has 8 rings (SSSR count). The van der Waals surface area contributed by atoms with Gasteiger partial charge in [-0.15, -0.1) is 0 Å². The van der Waals surface area contributed by atoms with Crippen LogP contribution in [0.1, 0.15) is 48.3 Å². The lowest BCUT2D eigenvalue weighted by molar-refractivity contribution is -0.187. The summed E-state index contributed by atoms with van der Waals surface area (Å²) in [6.07, 6.45) is 0.962. The minimum absolute atomic E-state index is 0.0662. The molecule has 0 radical (unpaired) electrons. The van der Waals surface area contributed by atoms with E-state index >= 15 is 0 Å². The van der Waals surface area contributed by atoms with Gasteiger partial charge in [0.05, 0.1) is 27.6 Å². The molecule has 0 saturated carbocycles.